The number of rotatable bonds is 4. The van der Waals surface area contributed by atoms with Crippen LogP contribution in [-0.4, -0.2) is 33.9 Å². The molecule has 0 heterocycles. The van der Waals surface area contributed by atoms with Gasteiger partial charge >= 0.3 is 0 Å². The molecule has 0 saturated heterocycles. The fourth-order valence-electron chi connectivity index (χ4n) is 1.48. The zero-order valence-electron chi connectivity index (χ0n) is 10.4. The first-order valence-corrected chi connectivity index (χ1v) is 6.61. The van der Waals surface area contributed by atoms with E-state index in [1.165, 1.54) is 33.2 Å². The zero-order valence-corrected chi connectivity index (χ0v) is 11.2. The van der Waals surface area contributed by atoms with Crippen molar-refractivity contribution in [2.24, 2.45) is 0 Å². The molecule has 0 fully saturated rings. The van der Waals surface area contributed by atoms with Gasteiger partial charge in [-0.1, -0.05) is 0 Å². The predicted molar refractivity (Wildman–Crippen MR) is 64.8 cm³/mol. The quantitative estimate of drug-likeness (QED) is 0.882. The number of halogens is 1. The van der Waals surface area contributed by atoms with Gasteiger partial charge in [-0.05, 0) is 31.7 Å². The second-order valence-electron chi connectivity index (χ2n) is 4.02. The minimum atomic E-state index is -3.61. The summed E-state index contributed by atoms with van der Waals surface area (Å²) in [4.78, 5) is 0.0211. The van der Waals surface area contributed by atoms with Crippen molar-refractivity contribution >= 4 is 10.0 Å². The summed E-state index contributed by atoms with van der Waals surface area (Å²) in [5.74, 6) is -0.502. The van der Waals surface area contributed by atoms with Crippen LogP contribution in [-0.2, 0) is 16.6 Å². The minimum absolute atomic E-state index is 0.0211. The lowest BCUT2D eigenvalue weighted by Crippen LogP contribution is -2.23. The molecule has 0 unspecified atom stereocenters. The van der Waals surface area contributed by atoms with E-state index in [0.717, 1.165) is 4.31 Å². The molecule has 0 atom stereocenters. The van der Waals surface area contributed by atoms with Crippen molar-refractivity contribution < 1.29 is 12.8 Å². The first kappa shape index (κ1) is 14.1. The van der Waals surface area contributed by atoms with Crippen molar-refractivity contribution in [3.8, 4) is 0 Å². The van der Waals surface area contributed by atoms with Crippen molar-refractivity contribution in [1.82, 2.24) is 9.62 Å². The summed E-state index contributed by atoms with van der Waals surface area (Å²) < 4.78 is 38.7. The third kappa shape index (κ3) is 2.83. The molecular weight excluding hydrogens is 243 g/mol. The molecule has 0 aliphatic carbocycles. The number of sulfonamides is 1. The Morgan fingerprint density at radius 1 is 1.35 bits per heavy atom. The van der Waals surface area contributed by atoms with Gasteiger partial charge in [0.25, 0.3) is 0 Å². The van der Waals surface area contributed by atoms with E-state index < -0.39 is 15.8 Å². The maximum Gasteiger partial charge on any atom is 0.242 e. The second-order valence-corrected chi connectivity index (χ2v) is 6.14. The molecule has 17 heavy (non-hydrogen) atoms. The van der Waals surface area contributed by atoms with Crippen LogP contribution in [0, 0.1) is 12.7 Å². The summed E-state index contributed by atoms with van der Waals surface area (Å²) in [6, 6.07) is 2.85. The molecule has 1 rings (SSSR count). The van der Waals surface area contributed by atoms with Gasteiger partial charge in [0, 0.05) is 26.2 Å². The van der Waals surface area contributed by atoms with Crippen molar-refractivity contribution in [3.05, 3.63) is 29.1 Å². The monoisotopic (exact) mass is 260 g/mol. The lowest BCUT2D eigenvalue weighted by atomic mass is 10.1. The lowest BCUT2D eigenvalue weighted by molar-refractivity contribution is 0.517. The fraction of sp³-hybridized carbons (Fsp3) is 0.455. The summed E-state index contributed by atoms with van der Waals surface area (Å²) in [5, 5.41) is 2.86. The SMILES string of the molecule is CNCc1cc(F)c(C)c(S(=O)(=O)N(C)C)c1. The van der Waals surface area contributed by atoms with Crippen molar-refractivity contribution in [2.45, 2.75) is 18.4 Å². The van der Waals surface area contributed by atoms with Gasteiger partial charge in [0.1, 0.15) is 5.82 Å². The molecule has 1 aromatic rings. The highest BCUT2D eigenvalue weighted by molar-refractivity contribution is 7.89. The molecule has 0 aliphatic heterocycles. The van der Waals surface area contributed by atoms with Gasteiger partial charge in [-0.2, -0.15) is 0 Å². The van der Waals surface area contributed by atoms with E-state index >= 15 is 0 Å². The standard InChI is InChI=1S/C11H17FN2O2S/c1-8-10(12)5-9(7-13-2)6-11(8)17(15,16)14(3)4/h5-6,13H,7H2,1-4H3. The van der Waals surface area contributed by atoms with Crippen LogP contribution >= 0.6 is 0 Å². The van der Waals surface area contributed by atoms with Crippen LogP contribution in [0.4, 0.5) is 4.39 Å². The average molecular weight is 260 g/mol. The Morgan fingerprint density at radius 2 is 1.94 bits per heavy atom. The van der Waals surface area contributed by atoms with E-state index in [0.29, 0.717) is 12.1 Å². The van der Waals surface area contributed by atoms with Crippen LogP contribution in [0.1, 0.15) is 11.1 Å². The highest BCUT2D eigenvalue weighted by atomic mass is 32.2. The molecule has 0 aliphatic rings. The van der Waals surface area contributed by atoms with E-state index in [1.54, 1.807) is 7.05 Å². The Morgan fingerprint density at radius 3 is 2.41 bits per heavy atom. The normalized spacial score (nSPS) is 12.1. The Labute approximate surface area is 101 Å². The van der Waals surface area contributed by atoms with E-state index in [4.69, 9.17) is 0 Å². The largest absolute Gasteiger partial charge is 0.316 e. The van der Waals surface area contributed by atoms with Crippen LogP contribution in [0.2, 0.25) is 0 Å². The second kappa shape index (κ2) is 5.12. The number of nitrogens with one attached hydrogen (secondary N) is 1. The van der Waals surface area contributed by atoms with Gasteiger partial charge in [-0.15, -0.1) is 0 Å². The van der Waals surface area contributed by atoms with E-state index in [1.807, 2.05) is 0 Å². The van der Waals surface area contributed by atoms with Crippen molar-refractivity contribution in [3.63, 3.8) is 0 Å². The molecule has 0 aromatic heterocycles. The summed E-state index contributed by atoms with van der Waals surface area (Å²) in [7, 11) is 0.971. The molecule has 6 heteroatoms. The predicted octanol–water partition coefficient (Wildman–Crippen LogP) is 1.10. The molecule has 0 radical (unpaired) electrons. The van der Waals surface area contributed by atoms with Gasteiger partial charge < -0.3 is 5.32 Å². The lowest BCUT2D eigenvalue weighted by Gasteiger charge is -2.15. The molecular formula is C11H17FN2O2S. The maximum atomic E-state index is 13.6. The van der Waals surface area contributed by atoms with E-state index in [9.17, 15) is 12.8 Å². The smallest absolute Gasteiger partial charge is 0.242 e. The zero-order chi connectivity index (χ0) is 13.2. The van der Waals surface area contributed by atoms with Crippen LogP contribution < -0.4 is 5.32 Å². The van der Waals surface area contributed by atoms with Gasteiger partial charge in [0.05, 0.1) is 4.90 Å². The van der Waals surface area contributed by atoms with Gasteiger partial charge in [-0.3, -0.25) is 0 Å². The third-order valence-electron chi connectivity index (χ3n) is 2.50. The van der Waals surface area contributed by atoms with Crippen LogP contribution in [0.15, 0.2) is 17.0 Å². The Balaban J connectivity index is 3.43. The van der Waals surface area contributed by atoms with Gasteiger partial charge in [0.15, 0.2) is 0 Å². The number of hydrogen-bond donors (Lipinski definition) is 1. The Bertz CT molecular complexity index is 512. The van der Waals surface area contributed by atoms with E-state index in [-0.39, 0.29) is 10.5 Å². The summed E-state index contributed by atoms with van der Waals surface area (Å²) >= 11 is 0. The topological polar surface area (TPSA) is 49.4 Å². The molecule has 1 aromatic carbocycles. The first-order valence-electron chi connectivity index (χ1n) is 5.17. The molecule has 0 spiro atoms. The number of benzene rings is 1. The van der Waals surface area contributed by atoms with Crippen molar-refractivity contribution in [2.75, 3.05) is 21.1 Å². The fourth-order valence-corrected chi connectivity index (χ4v) is 2.66. The first-order chi connectivity index (χ1) is 7.80. The molecule has 0 amide bonds. The molecule has 0 bridgehead atoms. The molecule has 1 N–H and O–H groups in total. The maximum absolute atomic E-state index is 13.6. The molecule has 96 valence electrons. The highest BCUT2D eigenvalue weighted by Gasteiger charge is 2.22. The summed E-state index contributed by atoms with van der Waals surface area (Å²) in [5.41, 5.74) is 0.759. The van der Waals surface area contributed by atoms with Gasteiger partial charge in [-0.25, -0.2) is 17.1 Å². The number of hydrogen-bond acceptors (Lipinski definition) is 3. The van der Waals surface area contributed by atoms with Gasteiger partial charge in [0.2, 0.25) is 10.0 Å². The van der Waals surface area contributed by atoms with Crippen LogP contribution in [0.3, 0.4) is 0 Å². The summed E-state index contributed by atoms with van der Waals surface area (Å²) in [6.45, 7) is 1.89. The van der Waals surface area contributed by atoms with E-state index in [2.05, 4.69) is 5.32 Å². The highest BCUT2D eigenvalue weighted by Crippen LogP contribution is 2.22. The Hall–Kier alpha value is -0.980. The van der Waals surface area contributed by atoms with Crippen LogP contribution in [0.5, 0.6) is 0 Å². The van der Waals surface area contributed by atoms with Crippen molar-refractivity contribution in [1.29, 1.82) is 0 Å². The average Bonchev–Trinajstić information content (AvgIpc) is 2.23. The Kier molecular flexibility index (Phi) is 4.24. The number of nitrogens with zero attached hydrogens (tertiary/aromatic N) is 1. The molecule has 4 nitrogen and oxygen atoms in total. The minimum Gasteiger partial charge on any atom is -0.316 e. The molecule has 0 saturated carbocycles. The van der Waals surface area contributed by atoms with Crippen LogP contribution in [0.25, 0.3) is 0 Å². The summed E-state index contributed by atoms with van der Waals surface area (Å²) in [6.07, 6.45) is 0. The third-order valence-corrected chi connectivity index (χ3v) is 4.44.